The Kier molecular flexibility index (Phi) is 5.81. The highest BCUT2D eigenvalue weighted by Gasteiger charge is 2.36. The molecule has 178 valence electrons. The molecule has 2 aliphatic heterocycles. The predicted molar refractivity (Wildman–Crippen MR) is 121 cm³/mol. The fraction of sp³-hybridized carbons (Fsp3) is 0.360. The van der Waals surface area contributed by atoms with Gasteiger partial charge < -0.3 is 19.9 Å². The summed E-state index contributed by atoms with van der Waals surface area (Å²) in [5.74, 6) is 0.147. The van der Waals surface area contributed by atoms with Crippen LogP contribution in [0.15, 0.2) is 61.1 Å². The quantitative estimate of drug-likeness (QED) is 0.562. The van der Waals surface area contributed by atoms with Gasteiger partial charge in [-0.2, -0.15) is 13.2 Å². The SMILES string of the molecule is O=C(Nc1ccc(C(F)(F)F)cc1)N1CCC(CC(O)C2c3ccccc3-n3cncc32)CC1. The monoisotopic (exact) mass is 470 g/mol. The van der Waals surface area contributed by atoms with Gasteiger partial charge in [0.1, 0.15) is 0 Å². The molecule has 2 atom stereocenters. The van der Waals surface area contributed by atoms with E-state index in [1.54, 1.807) is 11.2 Å². The summed E-state index contributed by atoms with van der Waals surface area (Å²) in [4.78, 5) is 18.5. The second-order valence-corrected chi connectivity index (χ2v) is 8.96. The van der Waals surface area contributed by atoms with Crippen LogP contribution in [0, 0.1) is 5.92 Å². The van der Waals surface area contributed by atoms with Crippen LogP contribution in [0.3, 0.4) is 0 Å². The summed E-state index contributed by atoms with van der Waals surface area (Å²) in [6.45, 7) is 1.06. The Morgan fingerprint density at radius 1 is 1.12 bits per heavy atom. The number of anilines is 1. The van der Waals surface area contributed by atoms with Gasteiger partial charge in [-0.05, 0) is 61.1 Å². The molecule has 2 N–H and O–H groups in total. The second kappa shape index (κ2) is 8.79. The summed E-state index contributed by atoms with van der Waals surface area (Å²) >= 11 is 0. The molecule has 2 amide bonds. The first-order chi connectivity index (χ1) is 16.3. The van der Waals surface area contributed by atoms with Crippen molar-refractivity contribution in [2.45, 2.75) is 37.5 Å². The van der Waals surface area contributed by atoms with Gasteiger partial charge in [-0.1, -0.05) is 18.2 Å². The minimum absolute atomic E-state index is 0.125. The lowest BCUT2D eigenvalue weighted by Gasteiger charge is -2.33. The van der Waals surface area contributed by atoms with Crippen molar-refractivity contribution in [3.8, 4) is 5.69 Å². The molecule has 1 aromatic heterocycles. The van der Waals surface area contributed by atoms with Crippen molar-refractivity contribution in [1.82, 2.24) is 14.5 Å². The largest absolute Gasteiger partial charge is 0.416 e. The minimum atomic E-state index is -4.41. The first-order valence-corrected chi connectivity index (χ1v) is 11.3. The summed E-state index contributed by atoms with van der Waals surface area (Å²) in [5, 5.41) is 13.8. The van der Waals surface area contributed by atoms with Gasteiger partial charge in [0.15, 0.2) is 0 Å². The number of carbonyl (C=O) groups excluding carboxylic acids is 1. The molecule has 0 radical (unpaired) electrons. The Balaban J connectivity index is 1.16. The van der Waals surface area contributed by atoms with E-state index in [2.05, 4.69) is 10.3 Å². The van der Waals surface area contributed by atoms with Crippen molar-refractivity contribution in [3.63, 3.8) is 0 Å². The number of carbonyl (C=O) groups is 1. The number of aromatic nitrogens is 2. The number of piperidine rings is 1. The van der Waals surface area contributed by atoms with Crippen molar-refractivity contribution < 1.29 is 23.1 Å². The number of benzene rings is 2. The number of nitrogens with one attached hydrogen (secondary N) is 1. The first kappa shape index (κ1) is 22.5. The number of alkyl halides is 3. The molecule has 2 unspecified atom stereocenters. The lowest BCUT2D eigenvalue weighted by molar-refractivity contribution is -0.137. The summed E-state index contributed by atoms with van der Waals surface area (Å²) in [7, 11) is 0. The highest BCUT2D eigenvalue weighted by molar-refractivity contribution is 5.89. The zero-order chi connectivity index (χ0) is 23.9. The summed E-state index contributed by atoms with van der Waals surface area (Å²) in [6.07, 6.45) is 0.748. The maximum absolute atomic E-state index is 12.7. The van der Waals surface area contributed by atoms with Crippen molar-refractivity contribution in [1.29, 1.82) is 0 Å². The average molecular weight is 470 g/mol. The number of likely N-dealkylation sites (tertiary alicyclic amines) is 1. The highest BCUT2D eigenvalue weighted by Crippen LogP contribution is 2.41. The predicted octanol–water partition coefficient (Wildman–Crippen LogP) is 5.03. The van der Waals surface area contributed by atoms with E-state index < -0.39 is 17.8 Å². The Hall–Kier alpha value is -3.33. The molecule has 3 heterocycles. The molecule has 34 heavy (non-hydrogen) atoms. The van der Waals surface area contributed by atoms with E-state index in [1.807, 2.05) is 35.0 Å². The van der Waals surface area contributed by atoms with E-state index in [9.17, 15) is 23.1 Å². The van der Waals surface area contributed by atoms with Gasteiger partial charge in [0.25, 0.3) is 0 Å². The van der Waals surface area contributed by atoms with E-state index in [4.69, 9.17) is 0 Å². The van der Waals surface area contributed by atoms with E-state index >= 15 is 0 Å². The number of fused-ring (bicyclic) bond motifs is 3. The summed E-state index contributed by atoms with van der Waals surface area (Å²) in [5.41, 5.74) is 2.71. The van der Waals surface area contributed by atoms with Crippen molar-refractivity contribution >= 4 is 11.7 Å². The number of para-hydroxylation sites is 1. The van der Waals surface area contributed by atoms with Gasteiger partial charge in [-0.15, -0.1) is 0 Å². The van der Waals surface area contributed by atoms with E-state index in [-0.39, 0.29) is 17.9 Å². The number of imidazole rings is 1. The molecule has 0 aliphatic carbocycles. The number of nitrogens with zero attached hydrogens (tertiary/aromatic N) is 3. The molecule has 2 aromatic carbocycles. The number of aliphatic hydroxyl groups excluding tert-OH is 1. The molecule has 0 saturated carbocycles. The molecular weight excluding hydrogens is 445 g/mol. The van der Waals surface area contributed by atoms with Gasteiger partial charge in [-0.3, -0.25) is 0 Å². The van der Waals surface area contributed by atoms with E-state index in [0.29, 0.717) is 25.2 Å². The summed E-state index contributed by atoms with van der Waals surface area (Å²) in [6, 6.07) is 12.1. The smallest absolute Gasteiger partial charge is 0.392 e. The average Bonchev–Trinajstić information content (AvgIpc) is 3.40. The normalized spacial score (nSPS) is 18.9. The van der Waals surface area contributed by atoms with Crippen LogP contribution in [0.5, 0.6) is 0 Å². The van der Waals surface area contributed by atoms with Crippen LogP contribution in [-0.2, 0) is 6.18 Å². The van der Waals surface area contributed by atoms with Crippen molar-refractivity contribution in [3.05, 3.63) is 77.9 Å². The van der Waals surface area contributed by atoms with Crippen LogP contribution < -0.4 is 5.32 Å². The molecule has 1 saturated heterocycles. The van der Waals surface area contributed by atoms with Gasteiger partial charge in [0, 0.05) is 25.0 Å². The maximum Gasteiger partial charge on any atom is 0.416 e. The zero-order valence-electron chi connectivity index (χ0n) is 18.4. The molecule has 6 nitrogen and oxygen atoms in total. The fourth-order valence-corrected chi connectivity index (χ4v) is 5.06. The zero-order valence-corrected chi connectivity index (χ0v) is 18.4. The minimum Gasteiger partial charge on any atom is -0.392 e. The molecule has 5 rings (SSSR count). The highest BCUT2D eigenvalue weighted by atomic mass is 19.4. The second-order valence-electron chi connectivity index (χ2n) is 8.96. The molecule has 1 fully saturated rings. The fourth-order valence-electron chi connectivity index (χ4n) is 5.06. The lowest BCUT2D eigenvalue weighted by Crippen LogP contribution is -2.41. The number of halogens is 3. The van der Waals surface area contributed by atoms with Crippen LogP contribution in [0.1, 0.15) is 42.0 Å². The Labute approximate surface area is 195 Å². The Bertz CT molecular complexity index is 1170. The van der Waals surface area contributed by atoms with Crippen molar-refractivity contribution in [2.24, 2.45) is 5.92 Å². The van der Waals surface area contributed by atoms with Crippen molar-refractivity contribution in [2.75, 3.05) is 18.4 Å². The van der Waals surface area contributed by atoms with Gasteiger partial charge in [0.05, 0.1) is 35.3 Å². The molecule has 2 aliphatic rings. The van der Waals surface area contributed by atoms with Crippen LogP contribution in [-0.4, -0.2) is 44.8 Å². The maximum atomic E-state index is 12.7. The van der Waals surface area contributed by atoms with E-state index in [1.165, 1.54) is 12.1 Å². The number of aliphatic hydroxyl groups is 1. The lowest BCUT2D eigenvalue weighted by atomic mass is 9.83. The number of urea groups is 1. The summed E-state index contributed by atoms with van der Waals surface area (Å²) < 4.78 is 40.2. The third-order valence-electron chi connectivity index (χ3n) is 6.84. The van der Waals surface area contributed by atoms with Gasteiger partial charge in [-0.25, -0.2) is 9.78 Å². The van der Waals surface area contributed by atoms with E-state index in [0.717, 1.165) is 41.9 Å². The molecule has 0 spiro atoms. The standard InChI is InChI=1S/C25H25F3N4O2/c26-25(27,28)17-5-7-18(8-6-17)30-24(34)31-11-9-16(10-12-31)13-22(33)23-19-3-1-2-4-20(19)32-15-29-14-21(23)32/h1-8,14-16,22-23,33H,9-13H2,(H,30,34). The van der Waals surface area contributed by atoms with Gasteiger partial charge in [0.2, 0.25) is 0 Å². The van der Waals surface area contributed by atoms with Crippen LogP contribution >= 0.6 is 0 Å². The Morgan fingerprint density at radius 3 is 2.53 bits per heavy atom. The molecular formula is C25H25F3N4O2. The Morgan fingerprint density at radius 2 is 1.82 bits per heavy atom. The van der Waals surface area contributed by atoms with Crippen LogP contribution in [0.2, 0.25) is 0 Å². The number of amides is 2. The molecule has 9 heteroatoms. The molecule has 3 aromatic rings. The topological polar surface area (TPSA) is 70.4 Å². The van der Waals surface area contributed by atoms with Crippen LogP contribution in [0.25, 0.3) is 5.69 Å². The number of hydrogen-bond acceptors (Lipinski definition) is 3. The third kappa shape index (κ3) is 4.27. The van der Waals surface area contributed by atoms with Crippen LogP contribution in [0.4, 0.5) is 23.7 Å². The number of rotatable bonds is 4. The van der Waals surface area contributed by atoms with Gasteiger partial charge >= 0.3 is 12.2 Å². The first-order valence-electron chi connectivity index (χ1n) is 11.3. The number of hydrogen-bond donors (Lipinski definition) is 2. The third-order valence-corrected chi connectivity index (χ3v) is 6.84. The molecule has 0 bridgehead atoms.